The summed E-state index contributed by atoms with van der Waals surface area (Å²) in [7, 11) is -2.09. The van der Waals surface area contributed by atoms with Gasteiger partial charge in [0.1, 0.15) is 6.04 Å². The van der Waals surface area contributed by atoms with Gasteiger partial charge in [-0.3, -0.25) is 9.10 Å². The number of thiophene rings is 1. The van der Waals surface area contributed by atoms with Gasteiger partial charge in [-0.25, -0.2) is 8.42 Å². The highest BCUT2D eigenvalue weighted by molar-refractivity contribution is 7.92. The monoisotopic (exact) mass is 420 g/mol. The zero-order valence-corrected chi connectivity index (χ0v) is 17.3. The molecule has 0 aliphatic carbocycles. The summed E-state index contributed by atoms with van der Waals surface area (Å²) in [6, 6.07) is 11.4. The van der Waals surface area contributed by atoms with Crippen LogP contribution in [0.4, 0.5) is 5.69 Å². The number of aromatic nitrogens is 2. The molecule has 1 amide bonds. The molecule has 0 fully saturated rings. The molecule has 1 aromatic carbocycles. The van der Waals surface area contributed by atoms with Crippen LogP contribution >= 0.6 is 11.3 Å². The van der Waals surface area contributed by atoms with Crippen LogP contribution in [0.3, 0.4) is 0 Å². The first kappa shape index (κ1) is 20.0. The minimum atomic E-state index is -3.66. The van der Waals surface area contributed by atoms with E-state index in [9.17, 15) is 13.2 Å². The van der Waals surface area contributed by atoms with Crippen LogP contribution in [-0.2, 0) is 21.4 Å². The molecule has 8 nitrogen and oxygen atoms in total. The maximum Gasteiger partial charge on any atom is 0.246 e. The van der Waals surface area contributed by atoms with E-state index in [0.29, 0.717) is 11.5 Å². The molecule has 1 unspecified atom stereocenters. The topological polar surface area (TPSA) is 96.6 Å². The molecule has 2 heterocycles. The van der Waals surface area contributed by atoms with E-state index in [0.717, 1.165) is 15.4 Å². The van der Waals surface area contributed by atoms with E-state index in [1.165, 1.54) is 16.2 Å². The second kappa shape index (κ2) is 8.11. The Kier molecular flexibility index (Phi) is 5.80. The van der Waals surface area contributed by atoms with Crippen molar-refractivity contribution >= 4 is 33.0 Å². The predicted octanol–water partition coefficient (Wildman–Crippen LogP) is 2.61. The highest BCUT2D eigenvalue weighted by Crippen LogP contribution is 2.23. The molecule has 0 N–H and O–H groups in total. The fourth-order valence-corrected chi connectivity index (χ4v) is 4.62. The van der Waals surface area contributed by atoms with E-state index >= 15 is 0 Å². The van der Waals surface area contributed by atoms with Crippen LogP contribution in [0.15, 0.2) is 52.4 Å². The van der Waals surface area contributed by atoms with Crippen LogP contribution in [-0.4, -0.2) is 48.7 Å². The lowest BCUT2D eigenvalue weighted by Gasteiger charge is -2.30. The average molecular weight is 421 g/mol. The summed E-state index contributed by atoms with van der Waals surface area (Å²) < 4.78 is 30.9. The van der Waals surface area contributed by atoms with Gasteiger partial charge in [0.2, 0.25) is 27.6 Å². The number of amides is 1. The number of likely N-dealkylation sites (N-methyl/N-ethyl adjacent to an activating group) is 1. The number of benzene rings is 1. The van der Waals surface area contributed by atoms with Gasteiger partial charge >= 0.3 is 0 Å². The van der Waals surface area contributed by atoms with Crippen LogP contribution < -0.4 is 4.31 Å². The Hall–Kier alpha value is -2.72. The number of hydrogen-bond donors (Lipinski definition) is 0. The van der Waals surface area contributed by atoms with Crippen molar-refractivity contribution in [2.45, 2.75) is 19.5 Å². The Labute approximate surface area is 167 Å². The zero-order chi connectivity index (χ0) is 20.3. The minimum absolute atomic E-state index is 0.0773. The number of carbonyl (C=O) groups excluding carboxylic acids is 1. The first-order valence-corrected chi connectivity index (χ1v) is 11.2. The minimum Gasteiger partial charge on any atom is -0.337 e. The van der Waals surface area contributed by atoms with Gasteiger partial charge in [0, 0.05) is 7.05 Å². The fourth-order valence-electron chi connectivity index (χ4n) is 2.80. The normalized spacial score (nSPS) is 12.5. The Morgan fingerprint density at radius 3 is 2.54 bits per heavy atom. The highest BCUT2D eigenvalue weighted by Gasteiger charge is 2.31. The lowest BCUT2D eigenvalue weighted by molar-refractivity contribution is -0.131. The first-order chi connectivity index (χ1) is 13.3. The van der Waals surface area contributed by atoms with Crippen molar-refractivity contribution < 1.29 is 17.7 Å². The summed E-state index contributed by atoms with van der Waals surface area (Å²) in [5.74, 6) is 0.350. The molecule has 0 radical (unpaired) electrons. The SMILES string of the molecule is CC(C(=O)N(C)Cc1nc(-c2cccs2)no1)N(c1ccccc1)S(C)(=O)=O. The lowest BCUT2D eigenvalue weighted by Crippen LogP contribution is -2.48. The second-order valence-corrected chi connectivity index (χ2v) is 9.06. The maximum absolute atomic E-state index is 12.9. The molecule has 0 aliphatic rings. The number of anilines is 1. The van der Waals surface area contributed by atoms with Crippen molar-refractivity contribution in [3.8, 4) is 10.7 Å². The van der Waals surface area contributed by atoms with Gasteiger partial charge in [-0.05, 0) is 30.5 Å². The molecule has 0 spiro atoms. The Balaban J connectivity index is 1.76. The predicted molar refractivity (Wildman–Crippen MR) is 107 cm³/mol. The first-order valence-electron chi connectivity index (χ1n) is 8.43. The van der Waals surface area contributed by atoms with Crippen LogP contribution in [0, 0.1) is 0 Å². The van der Waals surface area contributed by atoms with E-state index in [1.807, 2.05) is 17.5 Å². The van der Waals surface area contributed by atoms with Gasteiger partial charge in [-0.15, -0.1) is 11.3 Å². The molecule has 148 valence electrons. The molecule has 2 aromatic heterocycles. The number of para-hydroxylation sites is 1. The standard InChI is InChI=1S/C18H20N4O4S2/c1-13(22(28(3,24)25)14-8-5-4-6-9-14)18(23)21(2)12-16-19-17(20-26-16)15-10-7-11-27-15/h4-11,13H,12H2,1-3H3. The zero-order valence-electron chi connectivity index (χ0n) is 15.6. The van der Waals surface area contributed by atoms with E-state index in [-0.39, 0.29) is 18.3 Å². The van der Waals surface area contributed by atoms with Crippen LogP contribution in [0.5, 0.6) is 0 Å². The van der Waals surface area contributed by atoms with Crippen molar-refractivity contribution in [3.05, 3.63) is 53.7 Å². The Bertz CT molecular complexity index is 1030. The smallest absolute Gasteiger partial charge is 0.246 e. The van der Waals surface area contributed by atoms with Gasteiger partial charge in [0.15, 0.2) is 0 Å². The Morgan fingerprint density at radius 1 is 1.21 bits per heavy atom. The van der Waals surface area contributed by atoms with Crippen molar-refractivity contribution in [3.63, 3.8) is 0 Å². The summed E-state index contributed by atoms with van der Waals surface area (Å²) in [6.07, 6.45) is 1.08. The largest absolute Gasteiger partial charge is 0.337 e. The summed E-state index contributed by atoms with van der Waals surface area (Å²) in [5, 5.41) is 5.83. The molecule has 0 bridgehead atoms. The van der Waals surface area contributed by atoms with Gasteiger partial charge < -0.3 is 9.42 Å². The fraction of sp³-hybridized carbons (Fsp3) is 0.278. The second-order valence-electron chi connectivity index (χ2n) is 6.25. The third-order valence-electron chi connectivity index (χ3n) is 4.04. The molecule has 0 saturated carbocycles. The van der Waals surface area contributed by atoms with Crippen molar-refractivity contribution in [1.82, 2.24) is 15.0 Å². The summed E-state index contributed by atoms with van der Waals surface area (Å²) in [6.45, 7) is 1.63. The third kappa shape index (κ3) is 4.39. The van der Waals surface area contributed by atoms with E-state index < -0.39 is 16.1 Å². The van der Waals surface area contributed by atoms with E-state index in [2.05, 4.69) is 10.1 Å². The van der Waals surface area contributed by atoms with Crippen molar-refractivity contribution in [2.24, 2.45) is 0 Å². The van der Waals surface area contributed by atoms with Gasteiger partial charge in [-0.2, -0.15) is 4.98 Å². The van der Waals surface area contributed by atoms with E-state index in [1.54, 1.807) is 44.3 Å². The Morgan fingerprint density at radius 2 is 1.93 bits per heavy atom. The quantitative estimate of drug-likeness (QED) is 0.583. The highest BCUT2D eigenvalue weighted by atomic mass is 32.2. The third-order valence-corrected chi connectivity index (χ3v) is 6.14. The van der Waals surface area contributed by atoms with Crippen LogP contribution in [0.1, 0.15) is 12.8 Å². The molecular weight excluding hydrogens is 400 g/mol. The molecule has 3 rings (SSSR count). The van der Waals surface area contributed by atoms with E-state index in [4.69, 9.17) is 4.52 Å². The summed E-state index contributed by atoms with van der Waals surface area (Å²) >= 11 is 1.48. The maximum atomic E-state index is 12.9. The van der Waals surface area contributed by atoms with Crippen LogP contribution in [0.25, 0.3) is 10.7 Å². The molecule has 10 heteroatoms. The van der Waals surface area contributed by atoms with Gasteiger partial charge in [-0.1, -0.05) is 29.4 Å². The summed E-state index contributed by atoms with van der Waals surface area (Å²) in [4.78, 5) is 19.4. The lowest BCUT2D eigenvalue weighted by atomic mass is 10.2. The number of rotatable bonds is 7. The number of carbonyl (C=O) groups is 1. The molecular formula is C18H20N4O4S2. The molecule has 1 atom stereocenters. The van der Waals surface area contributed by atoms with Crippen LogP contribution in [0.2, 0.25) is 0 Å². The number of nitrogens with zero attached hydrogens (tertiary/aromatic N) is 4. The van der Waals surface area contributed by atoms with Gasteiger partial charge in [0.25, 0.3) is 0 Å². The molecule has 3 aromatic rings. The molecule has 0 saturated heterocycles. The average Bonchev–Trinajstić information content (AvgIpc) is 3.32. The number of hydrogen-bond acceptors (Lipinski definition) is 7. The number of sulfonamides is 1. The van der Waals surface area contributed by atoms with Crippen molar-refractivity contribution in [2.75, 3.05) is 17.6 Å². The molecule has 28 heavy (non-hydrogen) atoms. The summed E-state index contributed by atoms with van der Waals surface area (Å²) in [5.41, 5.74) is 0.428. The van der Waals surface area contributed by atoms with Gasteiger partial charge in [0.05, 0.1) is 23.4 Å². The van der Waals surface area contributed by atoms with Crippen molar-refractivity contribution in [1.29, 1.82) is 0 Å². The molecule has 0 aliphatic heterocycles.